The van der Waals surface area contributed by atoms with Gasteiger partial charge in [-0.25, -0.2) is 0 Å². The monoisotopic (exact) mass is 489 g/mol. The Hall–Kier alpha value is -1.79. The second-order valence-electron chi connectivity index (χ2n) is 10.7. The van der Waals surface area contributed by atoms with Crippen molar-refractivity contribution in [1.82, 2.24) is 14.7 Å². The largest absolute Gasteiger partial charge is 0.493 e. The van der Waals surface area contributed by atoms with Crippen molar-refractivity contribution in [2.45, 2.75) is 57.8 Å². The van der Waals surface area contributed by atoms with E-state index in [-0.39, 0.29) is 17.2 Å². The molecule has 2 heterocycles. The number of benzene rings is 1. The number of likely N-dealkylation sites (N-methyl/N-ethyl adjacent to an activating group) is 1. The van der Waals surface area contributed by atoms with E-state index in [1.165, 1.54) is 25.7 Å². The van der Waals surface area contributed by atoms with E-state index in [1.54, 1.807) is 0 Å². The van der Waals surface area contributed by atoms with E-state index in [2.05, 4.69) is 11.9 Å². The average molecular weight is 490 g/mol. The zero-order valence-corrected chi connectivity index (χ0v) is 21.4. The number of rotatable bonds is 8. The van der Waals surface area contributed by atoms with E-state index in [1.807, 2.05) is 34.1 Å². The first-order chi connectivity index (χ1) is 16.4. The second kappa shape index (κ2) is 11.8. The lowest BCUT2D eigenvalue weighted by Gasteiger charge is -2.43. The van der Waals surface area contributed by atoms with Gasteiger partial charge in [-0.3, -0.25) is 9.59 Å². The summed E-state index contributed by atoms with van der Waals surface area (Å²) >= 11 is 6.03. The van der Waals surface area contributed by atoms with Gasteiger partial charge in [-0.15, -0.1) is 0 Å². The highest BCUT2D eigenvalue weighted by Crippen LogP contribution is 2.36. The zero-order chi connectivity index (χ0) is 24.0. The molecule has 7 heteroatoms. The third-order valence-corrected chi connectivity index (χ3v) is 8.25. The molecule has 0 unspecified atom stereocenters. The molecule has 3 fully saturated rings. The van der Waals surface area contributed by atoms with Gasteiger partial charge in [0.1, 0.15) is 5.75 Å². The Bertz CT molecular complexity index is 819. The van der Waals surface area contributed by atoms with E-state index >= 15 is 0 Å². The number of carbonyl (C=O) groups excluding carboxylic acids is 2. The molecule has 0 radical (unpaired) electrons. The normalized spacial score (nSPS) is 24.4. The van der Waals surface area contributed by atoms with Gasteiger partial charge in [-0.1, -0.05) is 37.3 Å². The minimum atomic E-state index is -0.360. The highest BCUT2D eigenvalue weighted by molar-refractivity contribution is 6.30. The highest BCUT2D eigenvalue weighted by Gasteiger charge is 2.41. The molecule has 2 saturated heterocycles. The summed E-state index contributed by atoms with van der Waals surface area (Å²) in [4.78, 5) is 32.8. The molecular formula is C27H40ClN3O3. The SMILES string of the molecule is CN1CCN(C(=O)C[C@]2(COc3ccc(Cl)cc3)CCCN(C(=O)CCC3CCCC3)C2)CC1. The van der Waals surface area contributed by atoms with Gasteiger partial charge in [-0.2, -0.15) is 0 Å². The van der Waals surface area contributed by atoms with Crippen molar-refractivity contribution < 1.29 is 14.3 Å². The van der Waals surface area contributed by atoms with Crippen LogP contribution in [0.3, 0.4) is 0 Å². The number of ether oxygens (including phenoxy) is 1. The van der Waals surface area contributed by atoms with Crippen LogP contribution in [0.25, 0.3) is 0 Å². The molecular weight excluding hydrogens is 450 g/mol. The summed E-state index contributed by atoms with van der Waals surface area (Å²) in [6, 6.07) is 7.37. The minimum Gasteiger partial charge on any atom is -0.493 e. The van der Waals surface area contributed by atoms with Crippen LogP contribution in [0, 0.1) is 11.3 Å². The predicted molar refractivity (Wildman–Crippen MR) is 135 cm³/mol. The lowest BCUT2D eigenvalue weighted by atomic mass is 9.77. The molecule has 6 nitrogen and oxygen atoms in total. The molecule has 2 amide bonds. The van der Waals surface area contributed by atoms with Crippen molar-refractivity contribution in [3.63, 3.8) is 0 Å². The maximum atomic E-state index is 13.3. The number of piperazine rings is 1. The van der Waals surface area contributed by atoms with E-state index < -0.39 is 0 Å². The summed E-state index contributed by atoms with van der Waals surface area (Å²) in [6.07, 6.45) is 9.02. The molecule has 4 rings (SSSR count). The zero-order valence-electron chi connectivity index (χ0n) is 20.6. The molecule has 0 spiro atoms. The first-order valence-electron chi connectivity index (χ1n) is 13.0. The fourth-order valence-corrected chi connectivity index (χ4v) is 5.90. The van der Waals surface area contributed by atoms with Crippen LogP contribution in [0.5, 0.6) is 5.75 Å². The van der Waals surface area contributed by atoms with Crippen LogP contribution in [-0.2, 0) is 9.59 Å². The summed E-state index contributed by atoms with van der Waals surface area (Å²) in [6.45, 7) is 5.18. The third kappa shape index (κ3) is 6.88. The highest BCUT2D eigenvalue weighted by atomic mass is 35.5. The topological polar surface area (TPSA) is 53.1 Å². The number of likely N-dealkylation sites (tertiary alicyclic amines) is 1. The maximum Gasteiger partial charge on any atom is 0.223 e. The fraction of sp³-hybridized carbons (Fsp3) is 0.704. The lowest BCUT2D eigenvalue weighted by molar-refractivity contribution is -0.142. The number of piperidine rings is 1. The van der Waals surface area contributed by atoms with Gasteiger partial charge in [0.2, 0.25) is 11.8 Å². The molecule has 1 atom stereocenters. The summed E-state index contributed by atoms with van der Waals surface area (Å²) < 4.78 is 6.20. The Morgan fingerprint density at radius 3 is 2.38 bits per heavy atom. The number of amides is 2. The summed E-state index contributed by atoms with van der Waals surface area (Å²) in [7, 11) is 2.10. The van der Waals surface area contributed by atoms with Crippen LogP contribution in [0.1, 0.15) is 57.8 Å². The molecule has 1 aromatic rings. The van der Waals surface area contributed by atoms with Crippen LogP contribution in [0.15, 0.2) is 24.3 Å². The number of hydrogen-bond acceptors (Lipinski definition) is 4. The maximum absolute atomic E-state index is 13.3. The standard InChI is InChI=1S/C27H40ClN3O3/c1-29-15-17-30(18-16-29)26(33)19-27(21-34-24-10-8-23(28)9-11-24)13-4-14-31(20-27)25(32)12-7-22-5-2-3-6-22/h8-11,22H,2-7,12-21H2,1H3/t27-/m1/s1. The Balaban J connectivity index is 1.42. The van der Waals surface area contributed by atoms with Crippen molar-refractivity contribution >= 4 is 23.4 Å². The van der Waals surface area contributed by atoms with Crippen LogP contribution in [-0.4, -0.2) is 79.4 Å². The molecule has 1 aliphatic carbocycles. The van der Waals surface area contributed by atoms with Crippen molar-refractivity contribution in [3.05, 3.63) is 29.3 Å². The smallest absolute Gasteiger partial charge is 0.223 e. The van der Waals surface area contributed by atoms with E-state index in [0.29, 0.717) is 36.9 Å². The lowest BCUT2D eigenvalue weighted by Crippen LogP contribution is -2.53. The van der Waals surface area contributed by atoms with E-state index in [0.717, 1.165) is 57.7 Å². The van der Waals surface area contributed by atoms with Gasteiger partial charge in [0.25, 0.3) is 0 Å². The van der Waals surface area contributed by atoms with Gasteiger partial charge in [-0.05, 0) is 56.5 Å². The molecule has 1 aromatic carbocycles. The molecule has 3 aliphatic rings. The van der Waals surface area contributed by atoms with Gasteiger partial charge >= 0.3 is 0 Å². The van der Waals surface area contributed by atoms with Crippen LogP contribution < -0.4 is 4.74 Å². The minimum absolute atomic E-state index is 0.188. The number of carbonyl (C=O) groups is 2. The Kier molecular flexibility index (Phi) is 8.75. The van der Waals surface area contributed by atoms with E-state index in [9.17, 15) is 9.59 Å². The Morgan fingerprint density at radius 2 is 1.68 bits per heavy atom. The van der Waals surface area contributed by atoms with Crippen LogP contribution >= 0.6 is 11.6 Å². The van der Waals surface area contributed by atoms with Crippen molar-refractivity contribution in [1.29, 1.82) is 0 Å². The summed E-state index contributed by atoms with van der Waals surface area (Å²) in [5.74, 6) is 1.90. The third-order valence-electron chi connectivity index (χ3n) is 8.00. The van der Waals surface area contributed by atoms with Crippen molar-refractivity contribution in [2.24, 2.45) is 11.3 Å². The quantitative estimate of drug-likeness (QED) is 0.541. The molecule has 2 aliphatic heterocycles. The average Bonchev–Trinajstić information content (AvgIpc) is 3.36. The molecule has 1 saturated carbocycles. The number of halogens is 1. The fourth-order valence-electron chi connectivity index (χ4n) is 5.77. The number of hydrogen-bond donors (Lipinski definition) is 0. The molecule has 188 valence electrons. The van der Waals surface area contributed by atoms with E-state index in [4.69, 9.17) is 16.3 Å². The van der Waals surface area contributed by atoms with Gasteiger partial charge in [0.05, 0.1) is 6.61 Å². The number of nitrogens with zero attached hydrogens (tertiary/aromatic N) is 3. The first-order valence-corrected chi connectivity index (χ1v) is 13.4. The second-order valence-corrected chi connectivity index (χ2v) is 11.1. The molecule has 34 heavy (non-hydrogen) atoms. The Labute approximate surface area is 209 Å². The molecule has 0 bridgehead atoms. The van der Waals surface area contributed by atoms with Gasteiger partial charge < -0.3 is 19.4 Å². The van der Waals surface area contributed by atoms with Crippen LogP contribution in [0.2, 0.25) is 5.02 Å². The van der Waals surface area contributed by atoms with Crippen molar-refractivity contribution in [3.8, 4) is 5.75 Å². The molecule has 0 N–H and O–H groups in total. The Morgan fingerprint density at radius 1 is 0.971 bits per heavy atom. The molecule has 0 aromatic heterocycles. The van der Waals surface area contributed by atoms with Crippen molar-refractivity contribution in [2.75, 3.05) is 52.9 Å². The van der Waals surface area contributed by atoms with Crippen LogP contribution in [0.4, 0.5) is 0 Å². The summed E-state index contributed by atoms with van der Waals surface area (Å²) in [5, 5.41) is 0.670. The predicted octanol–water partition coefficient (Wildman–Crippen LogP) is 4.46. The van der Waals surface area contributed by atoms with Gasteiger partial charge in [0.15, 0.2) is 0 Å². The summed E-state index contributed by atoms with van der Waals surface area (Å²) in [5.41, 5.74) is -0.360. The first kappa shape index (κ1) is 25.3. The van der Waals surface area contributed by atoms with Gasteiger partial charge in [0, 0.05) is 62.5 Å².